The SMILES string of the molecule is O=S(=O)(O)I.O=[N+]([O-])c1cccc(-c2ccccc2)c1. The molecule has 0 heterocycles. The van der Waals surface area contributed by atoms with E-state index in [0.717, 1.165) is 32.3 Å². The van der Waals surface area contributed by atoms with Gasteiger partial charge in [0.25, 0.3) is 5.69 Å². The Morgan fingerprint density at radius 3 is 2.00 bits per heavy atom. The van der Waals surface area contributed by atoms with Crippen LogP contribution < -0.4 is 0 Å². The summed E-state index contributed by atoms with van der Waals surface area (Å²) in [6.07, 6.45) is 0. The molecule has 0 saturated carbocycles. The standard InChI is InChI=1S/C12H9NO2.HIO3S/c14-13(15)12-8-4-7-11(9-12)10-5-2-1-3-6-10;1-5(2,3)4/h1-9H;(H,2,3,4). The highest BCUT2D eigenvalue weighted by Crippen LogP contribution is 2.23. The molecule has 0 fully saturated rings. The molecule has 0 amide bonds. The highest BCUT2D eigenvalue weighted by atomic mass is 127. The monoisotopic (exact) mass is 407 g/mol. The Labute approximate surface area is 127 Å². The van der Waals surface area contributed by atoms with E-state index in [-0.39, 0.29) is 10.6 Å². The van der Waals surface area contributed by atoms with Gasteiger partial charge in [0.1, 0.15) is 21.2 Å². The highest BCUT2D eigenvalue weighted by Gasteiger charge is 2.05. The Bertz CT molecular complexity index is 680. The Balaban J connectivity index is 0.000000347. The minimum absolute atomic E-state index is 0.122. The number of hydrogen-bond acceptors (Lipinski definition) is 4. The lowest BCUT2D eigenvalue weighted by Crippen LogP contribution is -1.87. The summed E-state index contributed by atoms with van der Waals surface area (Å²) in [5, 5.41) is 10.6. The van der Waals surface area contributed by atoms with Crippen LogP contribution in [0.2, 0.25) is 0 Å². The Morgan fingerprint density at radius 2 is 1.50 bits per heavy atom. The molecule has 20 heavy (non-hydrogen) atoms. The van der Waals surface area contributed by atoms with Crippen LogP contribution in [-0.2, 0) is 7.29 Å². The molecule has 6 nitrogen and oxygen atoms in total. The minimum Gasteiger partial charge on any atom is -0.278 e. The van der Waals surface area contributed by atoms with Crippen LogP contribution in [0.1, 0.15) is 0 Å². The van der Waals surface area contributed by atoms with Crippen molar-refractivity contribution < 1.29 is 17.9 Å². The summed E-state index contributed by atoms with van der Waals surface area (Å²) in [7, 11) is -3.70. The van der Waals surface area contributed by atoms with E-state index in [4.69, 9.17) is 4.55 Å². The number of benzene rings is 2. The molecule has 0 aliphatic rings. The van der Waals surface area contributed by atoms with Crippen LogP contribution in [0.25, 0.3) is 11.1 Å². The predicted molar refractivity (Wildman–Crippen MR) is 84.1 cm³/mol. The maximum Gasteiger partial charge on any atom is 0.318 e. The summed E-state index contributed by atoms with van der Waals surface area (Å²) in [6, 6.07) is 16.2. The maximum atomic E-state index is 10.6. The molecular weight excluding hydrogens is 397 g/mol. The van der Waals surface area contributed by atoms with Gasteiger partial charge in [-0.05, 0) is 11.1 Å². The molecule has 0 saturated heterocycles. The predicted octanol–water partition coefficient (Wildman–Crippen LogP) is 3.49. The fourth-order valence-electron chi connectivity index (χ4n) is 1.43. The molecular formula is C12H10INO5S. The minimum atomic E-state index is -3.70. The van der Waals surface area contributed by atoms with Gasteiger partial charge < -0.3 is 0 Å². The van der Waals surface area contributed by atoms with Crippen LogP contribution in [0.5, 0.6) is 0 Å². The molecule has 0 aromatic heterocycles. The van der Waals surface area contributed by atoms with Gasteiger partial charge in [0.2, 0.25) is 0 Å². The highest BCUT2D eigenvalue weighted by molar-refractivity contribution is 14.2. The number of non-ortho nitro benzene ring substituents is 1. The fourth-order valence-corrected chi connectivity index (χ4v) is 1.43. The average Bonchev–Trinajstić information content (AvgIpc) is 2.38. The summed E-state index contributed by atoms with van der Waals surface area (Å²) < 4.78 is 25.8. The van der Waals surface area contributed by atoms with Crippen LogP contribution in [0.15, 0.2) is 54.6 Å². The molecule has 1 N–H and O–H groups in total. The largest absolute Gasteiger partial charge is 0.318 e. The summed E-state index contributed by atoms with van der Waals surface area (Å²) in [4.78, 5) is 10.2. The molecule has 0 aliphatic carbocycles. The number of nitro groups is 1. The number of halogens is 1. The quantitative estimate of drug-likeness (QED) is 0.270. The summed E-state index contributed by atoms with van der Waals surface area (Å²) in [5.41, 5.74) is 1.97. The van der Waals surface area contributed by atoms with Gasteiger partial charge in [-0.2, -0.15) is 8.42 Å². The van der Waals surface area contributed by atoms with E-state index >= 15 is 0 Å². The van der Waals surface area contributed by atoms with Crippen LogP contribution in [0.3, 0.4) is 0 Å². The second-order valence-corrected chi connectivity index (χ2v) is 7.75. The molecule has 106 valence electrons. The molecule has 0 aliphatic heterocycles. The Kier molecular flexibility index (Phi) is 6.05. The lowest BCUT2D eigenvalue weighted by atomic mass is 10.1. The maximum absolute atomic E-state index is 10.6. The molecule has 0 spiro atoms. The normalized spacial score (nSPS) is 10.3. The number of hydrogen-bond donors (Lipinski definition) is 1. The Hall–Kier alpha value is -1.52. The van der Waals surface area contributed by atoms with E-state index in [1.807, 2.05) is 36.4 Å². The van der Waals surface area contributed by atoms with Crippen molar-refractivity contribution in [3.63, 3.8) is 0 Å². The smallest absolute Gasteiger partial charge is 0.278 e. The number of rotatable bonds is 2. The van der Waals surface area contributed by atoms with Gasteiger partial charge in [0, 0.05) is 12.1 Å². The van der Waals surface area contributed by atoms with Crippen molar-refractivity contribution in [1.82, 2.24) is 0 Å². The van der Waals surface area contributed by atoms with E-state index in [9.17, 15) is 18.5 Å². The number of nitro benzene ring substituents is 1. The summed E-state index contributed by atoms with van der Waals surface area (Å²) in [5.74, 6) is 0. The molecule has 0 radical (unpaired) electrons. The molecule has 2 aromatic rings. The molecule has 2 rings (SSSR count). The second kappa shape index (κ2) is 7.31. The van der Waals surface area contributed by atoms with Crippen molar-refractivity contribution in [2.75, 3.05) is 0 Å². The first kappa shape index (κ1) is 16.5. The van der Waals surface area contributed by atoms with Crippen LogP contribution in [-0.4, -0.2) is 17.9 Å². The van der Waals surface area contributed by atoms with Gasteiger partial charge in [-0.15, -0.1) is 0 Å². The lowest BCUT2D eigenvalue weighted by molar-refractivity contribution is -0.384. The van der Waals surface area contributed by atoms with Crippen LogP contribution in [0.4, 0.5) is 5.69 Å². The first-order valence-electron chi connectivity index (χ1n) is 5.24. The average molecular weight is 407 g/mol. The van der Waals surface area contributed by atoms with Gasteiger partial charge >= 0.3 is 7.29 Å². The van der Waals surface area contributed by atoms with Gasteiger partial charge in [0.05, 0.1) is 4.92 Å². The molecule has 0 unspecified atom stereocenters. The van der Waals surface area contributed by atoms with Crippen LogP contribution in [0, 0.1) is 10.1 Å². The van der Waals surface area contributed by atoms with Crippen molar-refractivity contribution >= 4 is 34.2 Å². The van der Waals surface area contributed by atoms with Crippen molar-refractivity contribution in [2.45, 2.75) is 0 Å². The molecule has 2 aromatic carbocycles. The van der Waals surface area contributed by atoms with E-state index in [1.165, 1.54) is 6.07 Å². The van der Waals surface area contributed by atoms with Crippen LogP contribution >= 0.6 is 21.2 Å². The third kappa shape index (κ3) is 6.59. The van der Waals surface area contributed by atoms with E-state index in [2.05, 4.69) is 0 Å². The van der Waals surface area contributed by atoms with E-state index < -0.39 is 7.29 Å². The third-order valence-corrected chi connectivity index (χ3v) is 2.16. The zero-order valence-electron chi connectivity index (χ0n) is 10.0. The van der Waals surface area contributed by atoms with Gasteiger partial charge in [-0.3, -0.25) is 14.7 Å². The molecule has 0 bridgehead atoms. The lowest BCUT2D eigenvalue weighted by Gasteiger charge is -2.00. The van der Waals surface area contributed by atoms with E-state index in [0.29, 0.717) is 0 Å². The third-order valence-electron chi connectivity index (χ3n) is 2.16. The van der Waals surface area contributed by atoms with Gasteiger partial charge in [-0.1, -0.05) is 42.5 Å². The molecule has 8 heteroatoms. The fraction of sp³-hybridized carbons (Fsp3) is 0. The second-order valence-electron chi connectivity index (χ2n) is 3.59. The first-order chi connectivity index (χ1) is 9.27. The summed E-state index contributed by atoms with van der Waals surface area (Å²) >= 11 is 0.905. The van der Waals surface area contributed by atoms with Crippen molar-refractivity contribution in [3.05, 3.63) is 64.7 Å². The van der Waals surface area contributed by atoms with Crippen molar-refractivity contribution in [1.29, 1.82) is 0 Å². The topological polar surface area (TPSA) is 97.5 Å². The Morgan fingerprint density at radius 1 is 1.00 bits per heavy atom. The molecule has 0 atom stereocenters. The number of nitrogens with zero attached hydrogens (tertiary/aromatic N) is 1. The van der Waals surface area contributed by atoms with Crippen molar-refractivity contribution in [2.24, 2.45) is 0 Å². The van der Waals surface area contributed by atoms with Gasteiger partial charge in [-0.25, -0.2) is 0 Å². The first-order valence-corrected chi connectivity index (χ1v) is 9.22. The van der Waals surface area contributed by atoms with Crippen molar-refractivity contribution in [3.8, 4) is 11.1 Å². The zero-order valence-corrected chi connectivity index (χ0v) is 13.0. The van der Waals surface area contributed by atoms with Gasteiger partial charge in [0.15, 0.2) is 0 Å². The summed E-state index contributed by atoms with van der Waals surface area (Å²) in [6.45, 7) is 0. The zero-order chi connectivity index (χ0) is 15.2. The van der Waals surface area contributed by atoms with E-state index in [1.54, 1.807) is 12.1 Å².